The Balaban J connectivity index is 2.56. The molecule has 1 N–H and O–H groups in total. The third kappa shape index (κ3) is 4.95. The van der Waals surface area contributed by atoms with Crippen LogP contribution in [0.15, 0.2) is 22.7 Å². The van der Waals surface area contributed by atoms with E-state index < -0.39 is 25.0 Å². The summed E-state index contributed by atoms with van der Waals surface area (Å²) in [4.78, 5) is 11.5. The predicted octanol–water partition coefficient (Wildman–Crippen LogP) is 3.78. The molecule has 0 aromatic heterocycles. The Morgan fingerprint density at radius 3 is 2.59 bits per heavy atom. The molecule has 0 unspecified atom stereocenters. The zero-order chi connectivity index (χ0) is 13.1. The number of halogens is 5. The first-order chi connectivity index (χ1) is 7.79. The first-order valence-electron chi connectivity index (χ1n) is 4.59. The van der Waals surface area contributed by atoms with Crippen molar-refractivity contribution in [3.8, 4) is 0 Å². The molecule has 0 saturated carbocycles. The van der Waals surface area contributed by atoms with Crippen LogP contribution in [-0.4, -0.2) is 18.6 Å². The molecule has 0 atom stereocenters. The van der Waals surface area contributed by atoms with Crippen LogP contribution in [0, 0.1) is 0 Å². The second kappa shape index (κ2) is 5.73. The van der Waals surface area contributed by atoms with Gasteiger partial charge < -0.3 is 5.32 Å². The second-order valence-corrected chi connectivity index (χ2v) is 4.51. The van der Waals surface area contributed by atoms with Crippen molar-refractivity contribution in [1.29, 1.82) is 0 Å². The van der Waals surface area contributed by atoms with Crippen molar-refractivity contribution in [2.75, 3.05) is 6.54 Å². The van der Waals surface area contributed by atoms with Gasteiger partial charge in [-0.25, -0.2) is 0 Å². The number of hydrogen-bond acceptors (Lipinski definition) is 1. The molecule has 2 nitrogen and oxygen atoms in total. The van der Waals surface area contributed by atoms with E-state index in [1.807, 2.05) is 0 Å². The molecular formula is C10H8BrClF3NO. The van der Waals surface area contributed by atoms with Crippen LogP contribution in [0.2, 0.25) is 5.02 Å². The number of alkyl halides is 3. The largest absolute Gasteiger partial charge is 0.390 e. The molecule has 0 fully saturated rings. The van der Waals surface area contributed by atoms with Gasteiger partial charge >= 0.3 is 6.18 Å². The van der Waals surface area contributed by atoms with E-state index in [0.717, 1.165) is 0 Å². The lowest BCUT2D eigenvalue weighted by molar-refractivity contribution is -0.132. The number of carbonyl (C=O) groups is 1. The Hall–Kier alpha value is -0.750. The Labute approximate surface area is 109 Å². The summed E-state index contributed by atoms with van der Waals surface area (Å²) in [6, 6.07) is 4.38. The van der Waals surface area contributed by atoms with Crippen LogP contribution in [0.3, 0.4) is 0 Å². The SMILES string of the molecule is O=C(NCCC(F)(F)F)c1ccc(Cl)c(Br)c1. The van der Waals surface area contributed by atoms with Gasteiger partial charge in [-0.3, -0.25) is 4.79 Å². The molecular weight excluding hydrogens is 322 g/mol. The number of carbonyl (C=O) groups excluding carboxylic acids is 1. The summed E-state index contributed by atoms with van der Waals surface area (Å²) >= 11 is 8.84. The number of nitrogens with one attached hydrogen (secondary N) is 1. The monoisotopic (exact) mass is 329 g/mol. The first kappa shape index (κ1) is 14.3. The van der Waals surface area contributed by atoms with Crippen LogP contribution in [0.5, 0.6) is 0 Å². The molecule has 0 bridgehead atoms. The fourth-order valence-corrected chi connectivity index (χ4v) is 1.55. The standard InChI is InChI=1S/C10H8BrClF3NO/c11-7-5-6(1-2-8(7)12)9(17)16-4-3-10(13,14)15/h1-2,5H,3-4H2,(H,16,17). The maximum absolute atomic E-state index is 11.8. The molecule has 1 rings (SSSR count). The van der Waals surface area contributed by atoms with Crippen molar-refractivity contribution in [3.63, 3.8) is 0 Å². The van der Waals surface area contributed by atoms with Crippen molar-refractivity contribution in [2.45, 2.75) is 12.6 Å². The maximum Gasteiger partial charge on any atom is 0.390 e. The van der Waals surface area contributed by atoms with Crippen LogP contribution in [-0.2, 0) is 0 Å². The Kier molecular flexibility index (Phi) is 4.82. The van der Waals surface area contributed by atoms with Crippen LogP contribution in [0.25, 0.3) is 0 Å². The molecule has 1 amide bonds. The summed E-state index contributed by atoms with van der Waals surface area (Å²) in [5.41, 5.74) is 0.253. The van der Waals surface area contributed by atoms with Gasteiger partial charge in [-0.05, 0) is 34.1 Å². The minimum absolute atomic E-state index is 0.253. The van der Waals surface area contributed by atoms with Gasteiger partial charge in [0, 0.05) is 16.6 Å². The summed E-state index contributed by atoms with van der Waals surface area (Å²) in [6.07, 6.45) is -5.32. The fourth-order valence-electron chi connectivity index (χ4n) is 1.06. The number of hydrogen-bond donors (Lipinski definition) is 1. The average Bonchev–Trinajstić information content (AvgIpc) is 2.20. The van der Waals surface area contributed by atoms with E-state index in [1.165, 1.54) is 18.2 Å². The van der Waals surface area contributed by atoms with Crippen molar-refractivity contribution >= 4 is 33.4 Å². The van der Waals surface area contributed by atoms with Crippen molar-refractivity contribution in [1.82, 2.24) is 5.32 Å². The normalized spacial score (nSPS) is 11.4. The lowest BCUT2D eigenvalue weighted by atomic mass is 10.2. The molecule has 0 saturated heterocycles. The minimum Gasteiger partial charge on any atom is -0.352 e. The third-order valence-electron chi connectivity index (χ3n) is 1.88. The molecule has 0 radical (unpaired) electrons. The van der Waals surface area contributed by atoms with Crippen LogP contribution < -0.4 is 5.32 Å². The first-order valence-corrected chi connectivity index (χ1v) is 5.77. The van der Waals surface area contributed by atoms with Crippen LogP contribution in [0.4, 0.5) is 13.2 Å². The molecule has 1 aromatic carbocycles. The van der Waals surface area contributed by atoms with Crippen molar-refractivity contribution in [3.05, 3.63) is 33.3 Å². The molecule has 17 heavy (non-hydrogen) atoms. The summed E-state index contributed by atoms with van der Waals surface area (Å²) in [5.74, 6) is -0.563. The second-order valence-electron chi connectivity index (χ2n) is 3.25. The molecule has 7 heteroatoms. The summed E-state index contributed by atoms with van der Waals surface area (Å²) in [7, 11) is 0. The van der Waals surface area contributed by atoms with Gasteiger partial charge in [0.05, 0.1) is 11.4 Å². The Bertz CT molecular complexity index is 423. The minimum atomic E-state index is -4.27. The number of rotatable bonds is 3. The van der Waals surface area contributed by atoms with Crippen molar-refractivity contribution in [2.24, 2.45) is 0 Å². The van der Waals surface area contributed by atoms with Crippen LogP contribution in [0.1, 0.15) is 16.8 Å². The fraction of sp³-hybridized carbons (Fsp3) is 0.300. The van der Waals surface area contributed by atoms with Gasteiger partial charge in [0.2, 0.25) is 0 Å². The third-order valence-corrected chi connectivity index (χ3v) is 3.09. The van der Waals surface area contributed by atoms with Crippen molar-refractivity contribution < 1.29 is 18.0 Å². The van der Waals surface area contributed by atoms with E-state index in [-0.39, 0.29) is 5.56 Å². The van der Waals surface area contributed by atoms with Gasteiger partial charge in [-0.15, -0.1) is 0 Å². The lowest BCUT2D eigenvalue weighted by Crippen LogP contribution is -2.27. The quantitative estimate of drug-likeness (QED) is 0.898. The molecule has 0 aliphatic carbocycles. The van der Waals surface area contributed by atoms with E-state index in [4.69, 9.17) is 11.6 Å². The highest BCUT2D eigenvalue weighted by molar-refractivity contribution is 9.10. The summed E-state index contributed by atoms with van der Waals surface area (Å²) in [5, 5.41) is 2.61. The molecule has 1 aromatic rings. The highest BCUT2D eigenvalue weighted by Crippen LogP contribution is 2.23. The Morgan fingerprint density at radius 1 is 1.41 bits per heavy atom. The summed E-state index contributed by atoms with van der Waals surface area (Å²) < 4.78 is 36.1. The number of amides is 1. The predicted molar refractivity (Wildman–Crippen MR) is 62.2 cm³/mol. The Morgan fingerprint density at radius 2 is 2.06 bits per heavy atom. The van der Waals surface area contributed by atoms with E-state index in [9.17, 15) is 18.0 Å². The molecule has 0 spiro atoms. The highest BCUT2D eigenvalue weighted by Gasteiger charge is 2.26. The zero-order valence-corrected chi connectivity index (χ0v) is 10.8. The van der Waals surface area contributed by atoms with E-state index in [2.05, 4.69) is 21.2 Å². The van der Waals surface area contributed by atoms with Gasteiger partial charge in [-0.2, -0.15) is 13.2 Å². The van der Waals surface area contributed by atoms with Gasteiger partial charge in [0.1, 0.15) is 0 Å². The maximum atomic E-state index is 11.8. The molecule has 94 valence electrons. The lowest BCUT2D eigenvalue weighted by Gasteiger charge is -2.08. The van der Waals surface area contributed by atoms with Gasteiger partial charge in [-0.1, -0.05) is 11.6 Å². The molecule has 0 aliphatic heterocycles. The molecule has 0 aliphatic rings. The highest BCUT2D eigenvalue weighted by atomic mass is 79.9. The van der Waals surface area contributed by atoms with E-state index in [1.54, 1.807) is 0 Å². The van der Waals surface area contributed by atoms with E-state index in [0.29, 0.717) is 9.50 Å². The smallest absolute Gasteiger partial charge is 0.352 e. The topological polar surface area (TPSA) is 29.1 Å². The van der Waals surface area contributed by atoms with Gasteiger partial charge in [0.15, 0.2) is 0 Å². The van der Waals surface area contributed by atoms with Crippen LogP contribution >= 0.6 is 27.5 Å². The zero-order valence-electron chi connectivity index (χ0n) is 8.44. The number of benzene rings is 1. The average molecular weight is 331 g/mol. The molecule has 0 heterocycles. The van der Waals surface area contributed by atoms with Gasteiger partial charge in [0.25, 0.3) is 5.91 Å². The summed E-state index contributed by atoms with van der Waals surface area (Å²) in [6.45, 7) is -0.442. The van der Waals surface area contributed by atoms with E-state index >= 15 is 0 Å².